The summed E-state index contributed by atoms with van der Waals surface area (Å²) in [6, 6.07) is 0. The molecule has 1 aliphatic carbocycles. The second-order valence-electron chi connectivity index (χ2n) is 27.4. The summed E-state index contributed by atoms with van der Waals surface area (Å²) in [5.41, 5.74) is 0. The molecule has 3 fully saturated rings. The number of ether oxygens (including phenoxy) is 7. The largest absolute Gasteiger partial charge is 0.472 e. The number of hydrogen-bond acceptors (Lipinski definition) is 23. The van der Waals surface area contributed by atoms with Gasteiger partial charge in [0, 0.05) is 18.9 Å². The molecule has 0 aromatic carbocycles. The number of aliphatic hydroxyl groups is 10. The predicted octanol–water partition coefficient (Wildman–Crippen LogP) is 10.5. The van der Waals surface area contributed by atoms with Gasteiger partial charge in [0.05, 0.1) is 13.2 Å². The van der Waals surface area contributed by atoms with Crippen LogP contribution in [-0.4, -0.2) is 204 Å². The molecular formula is C73H133O24P. The second-order valence-corrected chi connectivity index (χ2v) is 28.9. The molecule has 0 amide bonds. The average Bonchev–Trinajstić information content (AvgIpc) is 0.763. The van der Waals surface area contributed by atoms with Crippen LogP contribution in [0.4, 0.5) is 0 Å². The maximum absolute atomic E-state index is 14.3. The van der Waals surface area contributed by atoms with Gasteiger partial charge in [-0.2, -0.15) is 0 Å². The van der Waals surface area contributed by atoms with E-state index >= 15 is 0 Å². The van der Waals surface area contributed by atoms with E-state index in [0.29, 0.717) is 12.8 Å². The lowest BCUT2D eigenvalue weighted by molar-refractivity contribution is -0.360. The van der Waals surface area contributed by atoms with Crippen LogP contribution in [0.25, 0.3) is 0 Å². The van der Waals surface area contributed by atoms with Gasteiger partial charge in [0.2, 0.25) is 0 Å². The first kappa shape index (κ1) is 89.7. The molecule has 0 radical (unpaired) electrons. The third-order valence-corrected chi connectivity index (χ3v) is 19.8. The minimum absolute atomic E-state index is 0.0287. The first-order valence-electron chi connectivity index (χ1n) is 38.2. The van der Waals surface area contributed by atoms with Crippen LogP contribution < -0.4 is 0 Å². The van der Waals surface area contributed by atoms with Crippen LogP contribution in [0.2, 0.25) is 0 Å². The molecule has 2 heterocycles. The summed E-state index contributed by atoms with van der Waals surface area (Å²) in [6.45, 7) is 3.34. The molecule has 24 nitrogen and oxygen atoms in total. The van der Waals surface area contributed by atoms with E-state index in [1.807, 2.05) is 6.08 Å². The quantitative estimate of drug-likeness (QED) is 0.00673. The Labute approximate surface area is 585 Å². The van der Waals surface area contributed by atoms with Gasteiger partial charge in [-0.3, -0.25) is 18.6 Å². The highest BCUT2D eigenvalue weighted by Crippen LogP contribution is 2.49. The topological polar surface area (TPSA) is 374 Å². The number of allylic oxidation sites excluding steroid dienone is 3. The number of carbonyl (C=O) groups excluding carboxylic acids is 3. The van der Waals surface area contributed by atoms with E-state index in [0.717, 1.165) is 96.0 Å². The summed E-state index contributed by atoms with van der Waals surface area (Å²) < 4.78 is 64.8. The number of esters is 3. The molecule has 11 N–H and O–H groups in total. The van der Waals surface area contributed by atoms with E-state index in [-0.39, 0.29) is 12.8 Å². The van der Waals surface area contributed by atoms with Crippen molar-refractivity contribution in [3.8, 4) is 0 Å². The van der Waals surface area contributed by atoms with Crippen molar-refractivity contribution in [3.63, 3.8) is 0 Å². The molecule has 3 rings (SSSR count). The molecule has 0 aromatic rings. The van der Waals surface area contributed by atoms with Crippen LogP contribution in [0.15, 0.2) is 24.3 Å². The first-order chi connectivity index (χ1) is 47.3. The first-order valence-corrected chi connectivity index (χ1v) is 39.7. The lowest BCUT2D eigenvalue weighted by Crippen LogP contribution is -2.69. The summed E-state index contributed by atoms with van der Waals surface area (Å²) in [7, 11) is -5.71. The molecule has 25 heteroatoms. The van der Waals surface area contributed by atoms with Gasteiger partial charge in [-0.15, -0.1) is 0 Å². The second kappa shape index (κ2) is 55.0. The zero-order valence-electron chi connectivity index (χ0n) is 59.8. The van der Waals surface area contributed by atoms with Gasteiger partial charge in [0.25, 0.3) is 0 Å². The fourth-order valence-electron chi connectivity index (χ4n) is 12.6. The van der Waals surface area contributed by atoms with E-state index in [2.05, 4.69) is 20.8 Å². The molecule has 0 spiro atoms. The molecule has 574 valence electrons. The molecule has 1 saturated carbocycles. The van der Waals surface area contributed by atoms with Crippen molar-refractivity contribution in [2.75, 3.05) is 26.4 Å². The highest BCUT2D eigenvalue weighted by atomic mass is 31.2. The number of phosphoric ester groups is 1. The minimum Gasteiger partial charge on any atom is -0.463 e. The molecule has 0 bridgehead atoms. The van der Waals surface area contributed by atoms with Crippen LogP contribution in [0.5, 0.6) is 0 Å². The normalized spacial score (nSPS) is 27.7. The van der Waals surface area contributed by atoms with Crippen molar-refractivity contribution >= 4 is 25.7 Å². The highest BCUT2D eigenvalue weighted by Gasteiger charge is 2.58. The van der Waals surface area contributed by atoms with Crippen molar-refractivity contribution in [2.45, 2.75) is 395 Å². The Balaban J connectivity index is 1.75. The summed E-state index contributed by atoms with van der Waals surface area (Å²) in [4.78, 5) is 50.9. The zero-order chi connectivity index (χ0) is 71.8. The number of aliphatic hydroxyl groups excluding tert-OH is 10. The summed E-state index contributed by atoms with van der Waals surface area (Å²) in [5, 5.41) is 110. The Morgan fingerprint density at radius 3 is 1.20 bits per heavy atom. The van der Waals surface area contributed by atoms with E-state index in [4.69, 9.17) is 42.2 Å². The van der Waals surface area contributed by atoms with Crippen LogP contribution in [0.3, 0.4) is 0 Å². The Hall–Kier alpha value is -2.56. The lowest BCUT2D eigenvalue weighted by atomic mass is 9.84. The van der Waals surface area contributed by atoms with Crippen molar-refractivity contribution in [3.05, 3.63) is 24.3 Å². The summed E-state index contributed by atoms with van der Waals surface area (Å²) in [5.74, 6) is -2.24. The molecule has 18 unspecified atom stereocenters. The monoisotopic (exact) mass is 1420 g/mol. The Bertz CT molecular complexity index is 2120. The van der Waals surface area contributed by atoms with Gasteiger partial charge in [0.15, 0.2) is 18.7 Å². The van der Waals surface area contributed by atoms with Gasteiger partial charge >= 0.3 is 25.7 Å². The minimum atomic E-state index is -5.71. The van der Waals surface area contributed by atoms with Gasteiger partial charge in [-0.25, -0.2) is 9.36 Å². The molecule has 2 aliphatic heterocycles. The van der Waals surface area contributed by atoms with Crippen molar-refractivity contribution in [1.29, 1.82) is 0 Å². The Morgan fingerprint density at radius 2 is 0.786 bits per heavy atom. The van der Waals surface area contributed by atoms with Crippen molar-refractivity contribution in [2.24, 2.45) is 0 Å². The van der Waals surface area contributed by atoms with Gasteiger partial charge in [-0.05, 0) is 25.7 Å². The highest BCUT2D eigenvalue weighted by molar-refractivity contribution is 7.47. The average molecular weight is 1430 g/mol. The Kier molecular flexibility index (Phi) is 50.3. The summed E-state index contributed by atoms with van der Waals surface area (Å²) in [6.07, 6.45) is 15.9. The summed E-state index contributed by atoms with van der Waals surface area (Å²) >= 11 is 0. The van der Waals surface area contributed by atoms with Crippen molar-refractivity contribution < 1.29 is 117 Å². The van der Waals surface area contributed by atoms with Gasteiger partial charge < -0.3 is 89.1 Å². The van der Waals surface area contributed by atoms with Crippen LogP contribution in [0, 0.1) is 0 Å². The fraction of sp³-hybridized carbons (Fsp3) is 0.904. The van der Waals surface area contributed by atoms with E-state index < -0.39 is 156 Å². The van der Waals surface area contributed by atoms with Crippen LogP contribution in [0.1, 0.15) is 290 Å². The van der Waals surface area contributed by atoms with E-state index in [9.17, 15) is 74.9 Å². The predicted molar refractivity (Wildman–Crippen MR) is 370 cm³/mol. The smallest absolute Gasteiger partial charge is 0.463 e. The molecule has 0 aromatic heterocycles. The third kappa shape index (κ3) is 37.7. The number of phosphoric acid groups is 1. The standard InChI is InChI=1S/C73H133O24P/c1-4-7-10-13-16-19-22-25-27-30-33-35-38-41-44-47-57(75)89-51-54(92-59(77)49-46-43-40-37-34-31-28-26-23-20-17-14-11-8-5-2)52-91-98(87,88)97-71-69(95-72-67(85)62(80)60(78)55(50-74)93-72)65(83)64(82)66(84)70(71)96-73-68(86)63(81)61(79)56(94-73)53-90-58(76)48-45-42-39-36-32-29-24-21-18-15-12-9-6-3/h38,41,44,47,54-56,60-74,78-86H,4-37,39-40,42-43,45-46,48-53H2,1-3H3,(H,87,88)/b41-38+,47-44+. The van der Waals surface area contributed by atoms with Crippen LogP contribution >= 0.6 is 7.82 Å². The maximum atomic E-state index is 14.3. The third-order valence-electron chi connectivity index (χ3n) is 18.8. The molecule has 3 aliphatic rings. The maximum Gasteiger partial charge on any atom is 0.472 e. The van der Waals surface area contributed by atoms with Gasteiger partial charge in [-0.1, -0.05) is 270 Å². The number of unbranched alkanes of at least 4 members (excludes halogenated alkanes) is 37. The molecule has 18 atom stereocenters. The fourth-order valence-corrected chi connectivity index (χ4v) is 13.6. The number of rotatable bonds is 59. The van der Waals surface area contributed by atoms with E-state index in [1.165, 1.54) is 160 Å². The number of carbonyl (C=O) groups is 3. The zero-order valence-corrected chi connectivity index (χ0v) is 60.7. The van der Waals surface area contributed by atoms with E-state index in [1.54, 1.807) is 6.08 Å². The molecular weight excluding hydrogens is 1290 g/mol. The van der Waals surface area contributed by atoms with Crippen LogP contribution in [-0.2, 0) is 61.2 Å². The van der Waals surface area contributed by atoms with Gasteiger partial charge in [0.1, 0.15) is 98.7 Å². The van der Waals surface area contributed by atoms with Crippen molar-refractivity contribution in [1.82, 2.24) is 0 Å². The molecule has 2 saturated heterocycles. The molecule has 98 heavy (non-hydrogen) atoms. The Morgan fingerprint density at radius 1 is 0.418 bits per heavy atom. The number of hydrogen-bond donors (Lipinski definition) is 11. The lowest BCUT2D eigenvalue weighted by Gasteiger charge is -2.49. The SMILES string of the molecule is CCCCCCCCCCCCC/C=C/C=C/C(=O)OCC(COP(=O)(O)OC1C(OC2OC(CO)C(O)C(O)C2O)C(O)C(O)C(O)C1OC1OC(COC(=O)CCCCCCCCCCCCCCC)C(O)C(O)C1O)OC(=O)CCCCCCCCCCCCCCCCC.